The zero-order valence-electron chi connectivity index (χ0n) is 20.2. The number of alkyl halides is 3. The van der Waals surface area contributed by atoms with Gasteiger partial charge in [-0.15, -0.1) is 0 Å². The van der Waals surface area contributed by atoms with Crippen molar-refractivity contribution in [2.45, 2.75) is 42.3 Å². The van der Waals surface area contributed by atoms with Crippen LogP contribution in [0.2, 0.25) is 0 Å². The van der Waals surface area contributed by atoms with Gasteiger partial charge in [-0.25, -0.2) is 0 Å². The standard InChI is InChI=1S/C25H26F3N7OSe/c1-33-9-6-24(12-18(24)15-33)32-21-20-11-16(23(37-25(26,27)28)34(20)10-8-29-21)3-2-7-30-22(36)17-13-31-35(14-17)19-4-5-19/h8,10-11,13-14,18-19H,4-7,9,12,15H2,1H3,(H,29,32)(H,30,36)/t18-,24+/m1/s1. The Balaban J connectivity index is 1.22. The zero-order chi connectivity index (χ0) is 25.8. The molecule has 4 heterocycles. The number of nitrogens with one attached hydrogen (secondary N) is 2. The first-order valence-corrected chi connectivity index (χ1v) is 14.0. The van der Waals surface area contributed by atoms with E-state index < -0.39 is 20.0 Å². The Morgan fingerprint density at radius 1 is 1.35 bits per heavy atom. The number of halogens is 3. The summed E-state index contributed by atoms with van der Waals surface area (Å²) in [4.78, 5) is 19.2. The van der Waals surface area contributed by atoms with E-state index in [1.165, 1.54) is 12.4 Å². The van der Waals surface area contributed by atoms with Crippen molar-refractivity contribution in [2.75, 3.05) is 32.0 Å². The number of amides is 1. The second-order valence-electron chi connectivity index (χ2n) is 10.1. The second kappa shape index (κ2) is 9.08. The molecule has 2 aliphatic carbocycles. The van der Waals surface area contributed by atoms with Gasteiger partial charge in [0.05, 0.1) is 0 Å². The monoisotopic (exact) mass is 577 g/mol. The Morgan fingerprint density at radius 2 is 2.19 bits per heavy atom. The molecule has 3 aliphatic rings. The summed E-state index contributed by atoms with van der Waals surface area (Å²) in [5, 5.41) is 6.14. The SMILES string of the molecule is CN1CC[C@]2(Nc3nccn4c([Se]C(F)(F)F)c(C#CCNC(=O)c5cnn(C6CC6)c5)cc34)C[C@@H]2C1. The van der Waals surface area contributed by atoms with Gasteiger partial charge in [0.1, 0.15) is 0 Å². The maximum atomic E-state index is 13.5. The van der Waals surface area contributed by atoms with E-state index in [1.54, 1.807) is 27.5 Å². The van der Waals surface area contributed by atoms with Crippen LogP contribution in [0, 0.1) is 17.8 Å². The summed E-state index contributed by atoms with van der Waals surface area (Å²) in [6, 6.07) is 2.05. The Morgan fingerprint density at radius 3 is 2.95 bits per heavy atom. The molecule has 0 aromatic carbocycles. The molecule has 1 aliphatic heterocycles. The fraction of sp³-hybridized carbons (Fsp3) is 0.480. The molecule has 8 nitrogen and oxygen atoms in total. The van der Waals surface area contributed by atoms with Crippen LogP contribution in [0.15, 0.2) is 30.9 Å². The molecule has 0 spiro atoms. The Bertz CT molecular complexity index is 1420. The quantitative estimate of drug-likeness (QED) is 0.347. The molecule has 1 saturated heterocycles. The third kappa shape index (κ3) is 5.08. The number of fused-ring (bicyclic) bond motifs is 2. The molecule has 12 heteroatoms. The van der Waals surface area contributed by atoms with Crippen LogP contribution in [0.1, 0.15) is 47.6 Å². The summed E-state index contributed by atoms with van der Waals surface area (Å²) in [7, 11) is 2.11. The molecule has 2 atom stereocenters. The van der Waals surface area contributed by atoms with Gasteiger partial charge in [0.2, 0.25) is 0 Å². The zero-order valence-corrected chi connectivity index (χ0v) is 21.9. The van der Waals surface area contributed by atoms with Crippen LogP contribution < -0.4 is 15.2 Å². The molecule has 2 saturated carbocycles. The number of likely N-dealkylation sites (tertiary alicyclic amines) is 1. The molecule has 194 valence electrons. The van der Waals surface area contributed by atoms with Crippen LogP contribution in [0.5, 0.6) is 0 Å². The van der Waals surface area contributed by atoms with Gasteiger partial charge in [-0.1, -0.05) is 0 Å². The van der Waals surface area contributed by atoms with Crippen LogP contribution in [0.3, 0.4) is 0 Å². The number of carbonyl (C=O) groups is 1. The van der Waals surface area contributed by atoms with Crippen LogP contribution in [-0.4, -0.2) is 82.2 Å². The number of nitrogens with zero attached hydrogens (tertiary/aromatic N) is 5. The Hall–Kier alpha value is -3.00. The first kappa shape index (κ1) is 24.3. The van der Waals surface area contributed by atoms with Gasteiger partial charge >= 0.3 is 218 Å². The van der Waals surface area contributed by atoms with Gasteiger partial charge in [-0.2, -0.15) is 0 Å². The summed E-state index contributed by atoms with van der Waals surface area (Å²) in [5.41, 5.74) is 1.29. The number of hydrogen-bond acceptors (Lipinski definition) is 5. The van der Waals surface area contributed by atoms with Gasteiger partial charge < -0.3 is 0 Å². The first-order chi connectivity index (χ1) is 17.7. The van der Waals surface area contributed by atoms with Crippen LogP contribution >= 0.6 is 0 Å². The Kier molecular flexibility index (Phi) is 5.97. The van der Waals surface area contributed by atoms with E-state index >= 15 is 0 Å². The molecule has 3 fully saturated rings. The number of aromatic nitrogens is 4. The Labute approximate surface area is 218 Å². The van der Waals surface area contributed by atoms with E-state index in [1.807, 2.05) is 0 Å². The van der Waals surface area contributed by atoms with Gasteiger partial charge in [0.25, 0.3) is 0 Å². The molecular formula is C25H26F3N7OSe. The predicted octanol–water partition coefficient (Wildman–Crippen LogP) is 2.00. The van der Waals surface area contributed by atoms with Crippen molar-refractivity contribution < 1.29 is 18.0 Å². The third-order valence-electron chi connectivity index (χ3n) is 7.28. The molecule has 3 aromatic rings. The van der Waals surface area contributed by atoms with E-state index in [0.29, 0.717) is 34.4 Å². The van der Waals surface area contributed by atoms with E-state index in [2.05, 4.69) is 44.5 Å². The minimum absolute atomic E-state index is 0.0136. The topological polar surface area (TPSA) is 79.5 Å². The van der Waals surface area contributed by atoms with Gasteiger partial charge in [-0.05, 0) is 0 Å². The van der Waals surface area contributed by atoms with Gasteiger partial charge in [0.15, 0.2) is 0 Å². The van der Waals surface area contributed by atoms with E-state index in [-0.39, 0.29) is 22.6 Å². The van der Waals surface area contributed by atoms with E-state index in [0.717, 1.165) is 38.8 Å². The van der Waals surface area contributed by atoms with Crippen molar-refractivity contribution in [1.29, 1.82) is 0 Å². The molecule has 0 radical (unpaired) electrons. The van der Waals surface area contributed by atoms with Crippen molar-refractivity contribution in [3.05, 3.63) is 42.0 Å². The van der Waals surface area contributed by atoms with Crippen LogP contribution in [-0.2, 0) is 0 Å². The van der Waals surface area contributed by atoms with Crippen molar-refractivity contribution >= 4 is 36.8 Å². The van der Waals surface area contributed by atoms with Crippen LogP contribution in [0.4, 0.5) is 19.0 Å². The van der Waals surface area contributed by atoms with Crippen molar-refractivity contribution in [3.8, 4) is 11.8 Å². The summed E-state index contributed by atoms with van der Waals surface area (Å²) in [5.74, 6) is 6.49. The normalized spacial score (nSPS) is 23.3. The average Bonchev–Trinajstić information content (AvgIpc) is 3.73. The number of rotatable bonds is 6. The molecule has 0 unspecified atom stereocenters. The van der Waals surface area contributed by atoms with Crippen molar-refractivity contribution in [3.63, 3.8) is 0 Å². The summed E-state index contributed by atoms with van der Waals surface area (Å²) in [6.07, 6.45) is 10.5. The van der Waals surface area contributed by atoms with Gasteiger partial charge in [0, 0.05) is 0 Å². The van der Waals surface area contributed by atoms with Crippen LogP contribution in [0.25, 0.3) is 5.52 Å². The number of hydrogen-bond donors (Lipinski definition) is 2. The number of anilines is 1. The average molecular weight is 576 g/mol. The van der Waals surface area contributed by atoms with Crippen molar-refractivity contribution in [2.24, 2.45) is 5.92 Å². The van der Waals surface area contributed by atoms with E-state index in [9.17, 15) is 18.0 Å². The minimum atomic E-state index is -4.33. The molecule has 3 aromatic heterocycles. The molecule has 0 bridgehead atoms. The fourth-order valence-corrected chi connectivity index (χ4v) is 6.54. The second-order valence-corrected chi connectivity index (χ2v) is 12.3. The summed E-state index contributed by atoms with van der Waals surface area (Å²) < 4.78 is 44.0. The van der Waals surface area contributed by atoms with Crippen molar-refractivity contribution in [1.82, 2.24) is 29.4 Å². The molecule has 37 heavy (non-hydrogen) atoms. The summed E-state index contributed by atoms with van der Waals surface area (Å²) >= 11 is -1.79. The first-order valence-electron chi connectivity index (χ1n) is 12.2. The third-order valence-corrected chi connectivity index (χ3v) is 9.05. The summed E-state index contributed by atoms with van der Waals surface area (Å²) in [6.45, 7) is 1.99. The number of piperidine rings is 1. The molecule has 2 N–H and O–H groups in total. The van der Waals surface area contributed by atoms with Gasteiger partial charge in [-0.3, -0.25) is 0 Å². The number of carbonyl (C=O) groups excluding carboxylic acids is 1. The predicted molar refractivity (Wildman–Crippen MR) is 133 cm³/mol. The molecular weight excluding hydrogens is 550 g/mol. The maximum absolute atomic E-state index is 13.5. The molecule has 1 amide bonds. The fourth-order valence-electron chi connectivity index (χ4n) is 5.07. The molecule has 6 rings (SSSR count). The van der Waals surface area contributed by atoms with E-state index in [4.69, 9.17) is 0 Å².